The van der Waals surface area contributed by atoms with Gasteiger partial charge in [-0.15, -0.1) is 0 Å². The zero-order valence-corrected chi connectivity index (χ0v) is 17.9. The van der Waals surface area contributed by atoms with Gasteiger partial charge in [-0.05, 0) is 45.3 Å². The fourth-order valence-corrected chi connectivity index (χ4v) is 3.92. The summed E-state index contributed by atoms with van der Waals surface area (Å²) in [5.41, 5.74) is 5.11. The lowest BCUT2D eigenvalue weighted by atomic mass is 9.97. The van der Waals surface area contributed by atoms with Crippen molar-refractivity contribution in [3.05, 3.63) is 126 Å². The fraction of sp³-hybridized carbons (Fsp3) is 0.0345. The van der Waals surface area contributed by atoms with Gasteiger partial charge in [-0.3, -0.25) is 4.79 Å². The van der Waals surface area contributed by atoms with Gasteiger partial charge in [-0.25, -0.2) is 5.43 Å². The molecule has 160 valence electrons. The first-order valence-electron chi connectivity index (χ1n) is 10.8. The Morgan fingerprint density at radius 2 is 1.36 bits per heavy atom. The van der Waals surface area contributed by atoms with E-state index in [1.807, 2.05) is 66.7 Å². The number of hydrogen-bond donors (Lipinski definition) is 1. The number of ether oxygens (including phenoxy) is 1. The van der Waals surface area contributed by atoms with Crippen molar-refractivity contribution in [2.75, 3.05) is 0 Å². The van der Waals surface area contributed by atoms with Crippen LogP contribution in [0.25, 0.3) is 21.5 Å². The Kier molecular flexibility index (Phi) is 5.81. The molecule has 1 N–H and O–H groups in total. The van der Waals surface area contributed by atoms with Gasteiger partial charge in [0, 0.05) is 5.56 Å². The lowest BCUT2D eigenvalue weighted by molar-refractivity contribution is 0.0950. The van der Waals surface area contributed by atoms with Crippen LogP contribution in [-0.4, -0.2) is 12.1 Å². The van der Waals surface area contributed by atoms with E-state index in [-0.39, 0.29) is 5.91 Å². The molecule has 0 aliphatic rings. The number of rotatable bonds is 6. The summed E-state index contributed by atoms with van der Waals surface area (Å²) >= 11 is 0. The highest BCUT2D eigenvalue weighted by Crippen LogP contribution is 2.27. The molecule has 5 aromatic carbocycles. The Hall–Kier alpha value is -4.44. The molecule has 0 radical (unpaired) electrons. The van der Waals surface area contributed by atoms with Gasteiger partial charge in [0.05, 0.1) is 11.8 Å². The molecule has 0 atom stereocenters. The Balaban J connectivity index is 1.39. The average molecular weight is 431 g/mol. The maximum Gasteiger partial charge on any atom is 0.275 e. The van der Waals surface area contributed by atoms with Crippen molar-refractivity contribution in [1.29, 1.82) is 0 Å². The molecule has 0 fully saturated rings. The van der Waals surface area contributed by atoms with Crippen molar-refractivity contribution in [3.8, 4) is 5.75 Å². The summed E-state index contributed by atoms with van der Waals surface area (Å²) in [5, 5.41) is 8.72. The van der Waals surface area contributed by atoms with E-state index in [9.17, 15) is 4.79 Å². The predicted molar refractivity (Wildman–Crippen MR) is 134 cm³/mol. The molecular formula is C29H22N2O2. The molecule has 0 aromatic heterocycles. The molecule has 0 bridgehead atoms. The number of amides is 1. The monoisotopic (exact) mass is 430 g/mol. The SMILES string of the molecule is O=C(N/N=C/c1c2ccccc2cc2ccccc12)c1ccccc1OCc1ccccc1. The number of hydrogen-bond acceptors (Lipinski definition) is 3. The standard InChI is InChI=1S/C29H22N2O2/c32-29(26-16-8-9-17-28(26)33-20-21-10-2-1-3-11-21)31-30-19-27-24-14-6-4-12-22(24)18-23-13-5-7-15-25(23)27/h1-19H,20H2,(H,31,32)/b30-19+. The minimum atomic E-state index is -0.320. The van der Waals surface area contributed by atoms with Crippen LogP contribution >= 0.6 is 0 Å². The number of nitrogens with one attached hydrogen (secondary N) is 1. The van der Waals surface area contributed by atoms with E-state index in [2.05, 4.69) is 40.9 Å². The summed E-state index contributed by atoms with van der Waals surface area (Å²) in [6.45, 7) is 0.385. The van der Waals surface area contributed by atoms with Crippen molar-refractivity contribution in [2.45, 2.75) is 6.61 Å². The van der Waals surface area contributed by atoms with Crippen LogP contribution < -0.4 is 10.2 Å². The lowest BCUT2D eigenvalue weighted by Gasteiger charge is -2.11. The van der Waals surface area contributed by atoms with Crippen LogP contribution in [0.3, 0.4) is 0 Å². The van der Waals surface area contributed by atoms with Crippen LogP contribution in [0.1, 0.15) is 21.5 Å². The highest BCUT2D eigenvalue weighted by atomic mass is 16.5. The highest BCUT2D eigenvalue weighted by Gasteiger charge is 2.12. The van der Waals surface area contributed by atoms with Gasteiger partial charge in [-0.1, -0.05) is 91.0 Å². The molecule has 4 nitrogen and oxygen atoms in total. The normalized spacial score (nSPS) is 11.2. The Morgan fingerprint density at radius 3 is 2.09 bits per heavy atom. The second-order valence-corrected chi connectivity index (χ2v) is 7.70. The van der Waals surface area contributed by atoms with Gasteiger partial charge in [0.15, 0.2) is 0 Å². The third-order valence-corrected chi connectivity index (χ3v) is 5.54. The van der Waals surface area contributed by atoms with Gasteiger partial charge in [-0.2, -0.15) is 5.10 Å². The van der Waals surface area contributed by atoms with Crippen molar-refractivity contribution in [3.63, 3.8) is 0 Å². The van der Waals surface area contributed by atoms with Crippen LogP contribution in [0.2, 0.25) is 0 Å². The maximum atomic E-state index is 12.9. The van der Waals surface area contributed by atoms with Crippen molar-refractivity contribution in [2.24, 2.45) is 5.10 Å². The Labute approximate surface area is 192 Å². The van der Waals surface area contributed by atoms with E-state index in [0.717, 1.165) is 32.7 Å². The van der Waals surface area contributed by atoms with Gasteiger partial charge in [0.2, 0.25) is 0 Å². The maximum absolute atomic E-state index is 12.9. The van der Waals surface area contributed by atoms with E-state index in [4.69, 9.17) is 4.74 Å². The van der Waals surface area contributed by atoms with Crippen LogP contribution in [0.15, 0.2) is 114 Å². The largest absolute Gasteiger partial charge is 0.488 e. The minimum absolute atomic E-state index is 0.320. The first kappa shape index (κ1) is 20.5. The number of nitrogens with zero attached hydrogens (tertiary/aromatic N) is 1. The number of benzene rings is 5. The second-order valence-electron chi connectivity index (χ2n) is 7.70. The Morgan fingerprint density at radius 1 is 0.758 bits per heavy atom. The molecule has 5 aromatic rings. The summed E-state index contributed by atoms with van der Waals surface area (Å²) in [5.74, 6) is 0.198. The van der Waals surface area contributed by atoms with Gasteiger partial charge in [0.1, 0.15) is 12.4 Å². The van der Waals surface area contributed by atoms with Crippen molar-refractivity contribution >= 4 is 33.7 Å². The van der Waals surface area contributed by atoms with Gasteiger partial charge >= 0.3 is 0 Å². The van der Waals surface area contributed by atoms with Crippen molar-refractivity contribution in [1.82, 2.24) is 5.43 Å². The van der Waals surface area contributed by atoms with Crippen LogP contribution in [0, 0.1) is 0 Å². The lowest BCUT2D eigenvalue weighted by Crippen LogP contribution is -2.18. The molecule has 5 rings (SSSR count). The van der Waals surface area contributed by atoms with E-state index < -0.39 is 0 Å². The summed E-state index contributed by atoms with van der Waals surface area (Å²) in [6.07, 6.45) is 1.72. The molecule has 0 heterocycles. The summed E-state index contributed by atoms with van der Waals surface area (Å²) in [4.78, 5) is 12.9. The van der Waals surface area contributed by atoms with Crippen molar-refractivity contribution < 1.29 is 9.53 Å². The quantitative estimate of drug-likeness (QED) is 0.194. The number of para-hydroxylation sites is 1. The number of hydrazone groups is 1. The third kappa shape index (κ3) is 4.46. The summed E-state index contributed by atoms with van der Waals surface area (Å²) < 4.78 is 5.91. The Bertz CT molecular complexity index is 1410. The average Bonchev–Trinajstić information content (AvgIpc) is 2.87. The van der Waals surface area contributed by atoms with E-state index >= 15 is 0 Å². The molecule has 0 unspecified atom stereocenters. The first-order chi connectivity index (χ1) is 16.3. The number of carbonyl (C=O) groups excluding carboxylic acids is 1. The minimum Gasteiger partial charge on any atom is -0.488 e. The zero-order valence-electron chi connectivity index (χ0n) is 17.9. The molecule has 33 heavy (non-hydrogen) atoms. The van der Waals surface area contributed by atoms with E-state index in [0.29, 0.717) is 17.9 Å². The predicted octanol–water partition coefficient (Wildman–Crippen LogP) is 6.34. The second kappa shape index (κ2) is 9.37. The molecule has 0 spiro atoms. The number of carbonyl (C=O) groups is 1. The first-order valence-corrected chi connectivity index (χ1v) is 10.8. The smallest absolute Gasteiger partial charge is 0.275 e. The van der Waals surface area contributed by atoms with E-state index in [1.165, 1.54) is 0 Å². The summed E-state index contributed by atoms with van der Waals surface area (Å²) in [6, 6.07) is 35.6. The highest BCUT2D eigenvalue weighted by molar-refractivity contribution is 6.13. The molecule has 4 heteroatoms. The molecule has 1 amide bonds. The molecule has 0 aliphatic carbocycles. The van der Waals surface area contributed by atoms with Gasteiger partial charge < -0.3 is 4.74 Å². The zero-order chi connectivity index (χ0) is 22.5. The summed E-state index contributed by atoms with van der Waals surface area (Å²) in [7, 11) is 0. The van der Waals surface area contributed by atoms with Crippen LogP contribution in [-0.2, 0) is 6.61 Å². The van der Waals surface area contributed by atoms with Crippen LogP contribution in [0.4, 0.5) is 0 Å². The van der Waals surface area contributed by atoms with Gasteiger partial charge in [0.25, 0.3) is 5.91 Å². The molecule has 0 saturated heterocycles. The third-order valence-electron chi connectivity index (χ3n) is 5.54. The van der Waals surface area contributed by atoms with Crippen LogP contribution in [0.5, 0.6) is 5.75 Å². The number of fused-ring (bicyclic) bond motifs is 2. The topological polar surface area (TPSA) is 50.7 Å². The fourth-order valence-electron chi connectivity index (χ4n) is 3.92. The molecular weight excluding hydrogens is 408 g/mol. The molecule has 0 saturated carbocycles. The molecule has 0 aliphatic heterocycles. The van der Waals surface area contributed by atoms with E-state index in [1.54, 1.807) is 18.3 Å².